The molecule has 19 heteroatoms. The highest BCUT2D eigenvalue weighted by molar-refractivity contribution is 7.91. The fourth-order valence-corrected chi connectivity index (χ4v) is 5.80. The number of carbonyl (C=O) groups excluding carboxylic acids is 4. The number of nitrogens with one attached hydrogen (secondary N) is 6. The van der Waals surface area contributed by atoms with Crippen LogP contribution in [0.25, 0.3) is 0 Å². The third-order valence-corrected chi connectivity index (χ3v) is 8.05. The summed E-state index contributed by atoms with van der Waals surface area (Å²) in [7, 11) is -4.54. The van der Waals surface area contributed by atoms with Gasteiger partial charge in [0.1, 0.15) is 22.6 Å². The van der Waals surface area contributed by atoms with E-state index in [0.717, 1.165) is 0 Å². The van der Waals surface area contributed by atoms with Crippen LogP contribution in [0.5, 0.6) is 11.5 Å². The largest absolute Gasteiger partial charge is 0.487 e. The van der Waals surface area contributed by atoms with E-state index in [-0.39, 0.29) is 45.7 Å². The summed E-state index contributed by atoms with van der Waals surface area (Å²) in [5, 5.41) is 16.8. The van der Waals surface area contributed by atoms with Crippen molar-refractivity contribution in [1.82, 2.24) is 10.0 Å². The van der Waals surface area contributed by atoms with Crippen molar-refractivity contribution in [3.05, 3.63) is 76.3 Å². The average molecular weight is 861 g/mol. The average Bonchev–Trinajstić information content (AvgIpc) is 3.04. The quantitative estimate of drug-likeness (QED) is 0.0395. The van der Waals surface area contributed by atoms with Crippen LogP contribution in [-0.4, -0.2) is 67.8 Å². The van der Waals surface area contributed by atoms with Crippen LogP contribution in [0, 0.1) is 5.41 Å². The van der Waals surface area contributed by atoms with Crippen LogP contribution in [0.1, 0.15) is 97.6 Å². The molecule has 0 aliphatic rings. The summed E-state index contributed by atoms with van der Waals surface area (Å²) in [6.07, 6.45) is -2.43. The molecule has 0 spiro atoms. The lowest BCUT2D eigenvalue weighted by atomic mass is 10.1. The maximum Gasteiger partial charge on any atom is 0.422 e. The highest BCUT2D eigenvalue weighted by atomic mass is 35.5. The predicted molar refractivity (Wildman–Crippen MR) is 225 cm³/mol. The molecule has 3 aromatic carbocycles. The number of amidine groups is 1. The Bertz CT molecular complexity index is 2140. The zero-order valence-electron chi connectivity index (χ0n) is 35.0. The van der Waals surface area contributed by atoms with Crippen LogP contribution in [0.2, 0.25) is 5.02 Å². The van der Waals surface area contributed by atoms with Gasteiger partial charge in [-0.2, -0.15) is 8.42 Å². The van der Waals surface area contributed by atoms with E-state index in [1.807, 2.05) is 0 Å². The number of rotatable bonds is 14. The molecule has 59 heavy (non-hydrogen) atoms. The van der Waals surface area contributed by atoms with Gasteiger partial charge in [-0.3, -0.25) is 20.2 Å². The molecule has 17 nitrogen and oxygen atoms in total. The molecule has 0 saturated heterocycles. The number of alkyl carbamates (subject to hydrolysis) is 1. The van der Waals surface area contributed by atoms with Gasteiger partial charge < -0.3 is 34.3 Å². The highest BCUT2D eigenvalue weighted by Gasteiger charge is 2.25. The number of carbonyl (C=O) groups is 4. The number of halogens is 1. The van der Waals surface area contributed by atoms with Gasteiger partial charge in [-0.1, -0.05) is 11.6 Å². The summed E-state index contributed by atoms with van der Waals surface area (Å²) in [6, 6.07) is 13.4. The lowest BCUT2D eigenvalue weighted by molar-refractivity contribution is -0.157. The summed E-state index contributed by atoms with van der Waals surface area (Å²) >= 11 is 6.32. The van der Waals surface area contributed by atoms with E-state index in [4.69, 9.17) is 40.7 Å². The molecule has 322 valence electrons. The molecular formula is C40H53ClN6O11S. The second-order valence-electron chi connectivity index (χ2n) is 16.3. The van der Waals surface area contributed by atoms with Gasteiger partial charge in [-0.05, 0) is 125 Å². The molecule has 6 N–H and O–H groups in total. The Kier molecular flexibility index (Phi) is 15.6. The van der Waals surface area contributed by atoms with E-state index in [1.54, 1.807) is 105 Å². The van der Waals surface area contributed by atoms with Crippen molar-refractivity contribution in [3.8, 4) is 11.5 Å². The predicted octanol–water partition coefficient (Wildman–Crippen LogP) is 7.74. The van der Waals surface area contributed by atoms with Gasteiger partial charge in [0.05, 0.1) is 17.4 Å². The molecule has 0 atom stereocenters. The third-order valence-electron chi connectivity index (χ3n) is 6.87. The van der Waals surface area contributed by atoms with E-state index in [2.05, 4.69) is 20.7 Å². The Balaban J connectivity index is 1.95. The third kappa shape index (κ3) is 16.9. The molecule has 3 aromatic rings. The van der Waals surface area contributed by atoms with Crippen molar-refractivity contribution in [2.24, 2.45) is 0 Å². The maximum atomic E-state index is 13.7. The standard InChI is InChI=1S/C40H53ClN6O11S/c1-23(2)55-31-20-28(46-59(52,53)47-37(51)58-40(9,10)11)18-25(33(31)54-22-32(48)56-38(3,4)5)21-43-30-17-14-26(41)19-29(30)35(49)44-27-15-12-24(13-16-27)34(42)45-36(50)57-39(6,7)8/h12-20,23,43,46H,21-22H2,1-11H3,(H,44,49)(H,47,51)(H2,42,45,50). The van der Waals surface area contributed by atoms with Crippen molar-refractivity contribution >= 4 is 68.8 Å². The Morgan fingerprint density at radius 1 is 0.780 bits per heavy atom. The molecular weight excluding hydrogens is 808 g/mol. The van der Waals surface area contributed by atoms with Crippen LogP contribution >= 0.6 is 11.6 Å². The topological polar surface area (TPSA) is 233 Å². The number of esters is 1. The molecule has 0 fully saturated rings. The summed E-state index contributed by atoms with van der Waals surface area (Å²) < 4.78 is 57.8. The van der Waals surface area contributed by atoms with E-state index < -0.39 is 63.8 Å². The first-order valence-electron chi connectivity index (χ1n) is 18.3. The van der Waals surface area contributed by atoms with Gasteiger partial charge in [0.15, 0.2) is 18.1 Å². The second kappa shape index (κ2) is 19.3. The minimum Gasteiger partial charge on any atom is -0.487 e. The molecule has 0 radical (unpaired) electrons. The van der Waals surface area contributed by atoms with Gasteiger partial charge in [-0.15, -0.1) is 0 Å². The first kappa shape index (κ1) is 47.6. The molecule has 0 aliphatic carbocycles. The van der Waals surface area contributed by atoms with Gasteiger partial charge >= 0.3 is 28.4 Å². The van der Waals surface area contributed by atoms with Crippen molar-refractivity contribution in [3.63, 3.8) is 0 Å². The zero-order chi connectivity index (χ0) is 44.5. The Labute approximate surface area is 349 Å². The van der Waals surface area contributed by atoms with E-state index in [0.29, 0.717) is 16.9 Å². The number of hydrogen-bond donors (Lipinski definition) is 6. The first-order valence-corrected chi connectivity index (χ1v) is 20.2. The Hall–Kier alpha value is -5.75. The Morgan fingerprint density at radius 3 is 1.95 bits per heavy atom. The summed E-state index contributed by atoms with van der Waals surface area (Å²) in [4.78, 5) is 50.8. The molecule has 0 aliphatic heterocycles. The first-order chi connectivity index (χ1) is 27.1. The number of benzene rings is 3. The van der Waals surface area contributed by atoms with Crippen LogP contribution in [0.3, 0.4) is 0 Å². The summed E-state index contributed by atoms with van der Waals surface area (Å²) in [5.41, 5.74) is -1.17. The summed E-state index contributed by atoms with van der Waals surface area (Å²) in [5.74, 6) is -1.34. The van der Waals surface area contributed by atoms with Gasteiger partial charge in [-0.25, -0.2) is 19.1 Å². The number of hydrogen-bond acceptors (Lipinski definition) is 13. The van der Waals surface area contributed by atoms with Crippen molar-refractivity contribution in [1.29, 1.82) is 5.41 Å². The molecule has 0 unspecified atom stereocenters. The molecule has 0 bridgehead atoms. The molecule has 0 aromatic heterocycles. The number of anilines is 3. The number of ether oxygens (including phenoxy) is 5. The van der Waals surface area contributed by atoms with E-state index in [9.17, 15) is 27.6 Å². The normalized spacial score (nSPS) is 11.8. The van der Waals surface area contributed by atoms with Gasteiger partial charge in [0.2, 0.25) is 0 Å². The fraction of sp³-hybridized carbons (Fsp3) is 0.425. The van der Waals surface area contributed by atoms with Crippen molar-refractivity contribution < 1.29 is 51.3 Å². The fourth-order valence-electron chi connectivity index (χ4n) is 4.89. The Morgan fingerprint density at radius 2 is 1.37 bits per heavy atom. The minimum atomic E-state index is -4.54. The molecule has 0 heterocycles. The van der Waals surface area contributed by atoms with E-state index >= 15 is 0 Å². The van der Waals surface area contributed by atoms with Crippen LogP contribution < -0.4 is 34.9 Å². The van der Waals surface area contributed by atoms with Crippen molar-refractivity contribution in [2.75, 3.05) is 22.0 Å². The molecule has 0 saturated carbocycles. The number of amides is 3. The SMILES string of the molecule is CC(C)Oc1cc(NS(=O)(=O)NC(=O)OC(C)(C)C)cc(CNc2ccc(Cl)cc2C(=O)Nc2ccc(C(=N)NC(=O)OC(C)(C)C)cc2)c1OCC(=O)OC(C)(C)C. The maximum absolute atomic E-state index is 13.7. The molecule has 3 rings (SSSR count). The smallest absolute Gasteiger partial charge is 0.422 e. The highest BCUT2D eigenvalue weighted by Crippen LogP contribution is 2.37. The molecule has 3 amide bonds. The van der Waals surface area contributed by atoms with Crippen LogP contribution in [0.4, 0.5) is 26.7 Å². The van der Waals surface area contributed by atoms with Gasteiger partial charge in [0.25, 0.3) is 5.91 Å². The van der Waals surface area contributed by atoms with Crippen LogP contribution in [-0.2, 0) is 35.8 Å². The van der Waals surface area contributed by atoms with Crippen molar-refractivity contribution in [2.45, 2.75) is 106 Å². The lowest BCUT2D eigenvalue weighted by Crippen LogP contribution is -2.39. The van der Waals surface area contributed by atoms with Gasteiger partial charge in [0, 0.05) is 40.1 Å². The monoisotopic (exact) mass is 860 g/mol. The zero-order valence-corrected chi connectivity index (χ0v) is 36.5. The van der Waals surface area contributed by atoms with E-state index in [1.165, 1.54) is 30.3 Å². The minimum absolute atomic E-state index is 0.0460. The summed E-state index contributed by atoms with van der Waals surface area (Å²) in [6.45, 7) is 17.7. The second-order valence-corrected chi connectivity index (χ2v) is 18.1. The van der Waals surface area contributed by atoms with Crippen LogP contribution in [0.15, 0.2) is 54.6 Å². The lowest BCUT2D eigenvalue weighted by Gasteiger charge is -2.23.